The average molecular weight is 455 g/mol. The Morgan fingerprint density at radius 2 is 0.943 bits per heavy atom. The smallest absolute Gasteiger partial charge is 0.0325 e. The second kappa shape index (κ2) is 8.09. The van der Waals surface area contributed by atoms with Crippen molar-refractivity contribution in [2.24, 2.45) is 0 Å². The molecule has 6 rings (SSSR count). The predicted octanol–water partition coefficient (Wildman–Crippen LogP) is 9.31. The summed E-state index contributed by atoms with van der Waals surface area (Å²) in [6.45, 7) is 7.02. The van der Waals surface area contributed by atoms with Crippen LogP contribution in [-0.2, 0) is 16.2 Å². The zero-order chi connectivity index (χ0) is 24.1. The normalized spacial score (nSPS) is 20.2. The third-order valence-electron chi connectivity index (χ3n) is 8.89. The van der Waals surface area contributed by atoms with Gasteiger partial charge in [0, 0.05) is 16.2 Å². The highest BCUT2D eigenvalue weighted by Crippen LogP contribution is 2.53. The first kappa shape index (κ1) is 22.1. The van der Waals surface area contributed by atoms with Crippen LogP contribution >= 0.6 is 0 Å². The van der Waals surface area contributed by atoms with Gasteiger partial charge in [-0.05, 0) is 75.7 Å². The summed E-state index contributed by atoms with van der Waals surface area (Å²) in [5.74, 6) is 0. The van der Waals surface area contributed by atoms with Crippen LogP contribution in [0.1, 0.15) is 56.7 Å². The molecule has 0 nitrogen and oxygen atoms in total. The first-order chi connectivity index (χ1) is 17.1. The summed E-state index contributed by atoms with van der Waals surface area (Å²) in [6, 6.07) is 16.2. The van der Waals surface area contributed by atoms with Crippen molar-refractivity contribution < 1.29 is 0 Å². The largest absolute Gasteiger partial charge is 0.0702 e. The molecule has 0 fully saturated rings. The molecule has 3 aromatic carbocycles. The van der Waals surface area contributed by atoms with Crippen LogP contribution in [0.4, 0.5) is 0 Å². The maximum absolute atomic E-state index is 2.52. The fraction of sp³-hybridized carbons (Fsp3) is 0.257. The van der Waals surface area contributed by atoms with Crippen molar-refractivity contribution >= 4 is 21.5 Å². The molecule has 35 heavy (non-hydrogen) atoms. The topological polar surface area (TPSA) is 0 Å². The minimum absolute atomic E-state index is 0.0860. The van der Waals surface area contributed by atoms with E-state index in [0.29, 0.717) is 0 Å². The second-order valence-electron chi connectivity index (χ2n) is 10.4. The van der Waals surface area contributed by atoms with E-state index >= 15 is 0 Å². The molecule has 0 N–H and O–H groups in total. The van der Waals surface area contributed by atoms with Crippen molar-refractivity contribution in [3.05, 3.63) is 132 Å². The van der Waals surface area contributed by atoms with Crippen molar-refractivity contribution in [3.8, 4) is 0 Å². The molecule has 0 aliphatic heterocycles. The van der Waals surface area contributed by atoms with Crippen molar-refractivity contribution in [1.29, 1.82) is 0 Å². The number of allylic oxidation sites excluding steroid dienone is 12. The summed E-state index contributed by atoms with van der Waals surface area (Å²) in [6.07, 6.45) is 31.2. The summed E-state index contributed by atoms with van der Waals surface area (Å²) in [5.41, 5.74) is 4.15. The Bertz CT molecular complexity index is 1460. The minimum atomic E-state index is -0.112. The molecular formula is C35H34. The quantitative estimate of drug-likeness (QED) is 0.325. The van der Waals surface area contributed by atoms with E-state index in [-0.39, 0.29) is 16.2 Å². The number of hydrogen-bond acceptors (Lipinski definition) is 0. The fourth-order valence-corrected chi connectivity index (χ4v) is 6.72. The van der Waals surface area contributed by atoms with Gasteiger partial charge >= 0.3 is 0 Å². The highest BCUT2D eigenvalue weighted by Gasteiger charge is 2.43. The van der Waals surface area contributed by atoms with E-state index in [4.69, 9.17) is 0 Å². The van der Waals surface area contributed by atoms with Crippen LogP contribution in [0.25, 0.3) is 21.5 Å². The Labute approximate surface area is 209 Å². The van der Waals surface area contributed by atoms with Crippen LogP contribution in [0.5, 0.6) is 0 Å². The Morgan fingerprint density at radius 3 is 1.46 bits per heavy atom. The number of benzene rings is 3. The zero-order valence-electron chi connectivity index (χ0n) is 21.1. The lowest BCUT2D eigenvalue weighted by Gasteiger charge is -2.41. The molecule has 3 aliphatic rings. The molecule has 0 amide bonds. The molecule has 3 aliphatic carbocycles. The van der Waals surface area contributed by atoms with Gasteiger partial charge in [-0.3, -0.25) is 0 Å². The molecule has 174 valence electrons. The van der Waals surface area contributed by atoms with Gasteiger partial charge in [0.05, 0.1) is 0 Å². The first-order valence-corrected chi connectivity index (χ1v) is 13.2. The molecule has 0 unspecified atom stereocenters. The maximum Gasteiger partial charge on any atom is 0.0325 e. The second-order valence-corrected chi connectivity index (χ2v) is 10.4. The standard InChI is InChI=1S/C35H34/c1-4-33(17-9-10-18-33)30-25-28-23-26-15-7-8-16-27(26)24-29(28)31(34(5-2)19-11-12-20-34)32(30)35(6-3)21-13-14-22-35/h7-25H,4-6H2,1-3H3. The van der Waals surface area contributed by atoms with E-state index < -0.39 is 0 Å². The van der Waals surface area contributed by atoms with Gasteiger partial charge in [-0.25, -0.2) is 0 Å². The lowest BCUT2D eigenvalue weighted by Crippen LogP contribution is -2.33. The van der Waals surface area contributed by atoms with Crippen LogP contribution in [0.2, 0.25) is 0 Å². The van der Waals surface area contributed by atoms with E-state index in [1.54, 1.807) is 0 Å². The minimum Gasteiger partial charge on any atom is -0.0702 e. The molecule has 0 saturated carbocycles. The molecule has 0 heteroatoms. The number of fused-ring (bicyclic) bond motifs is 2. The highest BCUT2D eigenvalue weighted by atomic mass is 14.5. The Morgan fingerprint density at radius 1 is 0.486 bits per heavy atom. The molecule has 3 aromatic rings. The molecular weight excluding hydrogens is 420 g/mol. The van der Waals surface area contributed by atoms with Gasteiger partial charge in [0.25, 0.3) is 0 Å². The van der Waals surface area contributed by atoms with Crippen LogP contribution in [0, 0.1) is 0 Å². The zero-order valence-corrected chi connectivity index (χ0v) is 21.1. The molecule has 0 radical (unpaired) electrons. The summed E-state index contributed by atoms with van der Waals surface area (Å²) < 4.78 is 0. The van der Waals surface area contributed by atoms with E-state index in [9.17, 15) is 0 Å². The average Bonchev–Trinajstić information content (AvgIpc) is 3.68. The van der Waals surface area contributed by atoms with Gasteiger partial charge in [0.1, 0.15) is 0 Å². The van der Waals surface area contributed by atoms with Crippen molar-refractivity contribution in [2.45, 2.75) is 56.3 Å². The third-order valence-corrected chi connectivity index (χ3v) is 8.89. The van der Waals surface area contributed by atoms with Crippen molar-refractivity contribution in [2.75, 3.05) is 0 Å². The van der Waals surface area contributed by atoms with Crippen LogP contribution in [-0.4, -0.2) is 0 Å². The Balaban J connectivity index is 1.86. The van der Waals surface area contributed by atoms with Gasteiger partial charge in [0.15, 0.2) is 0 Å². The van der Waals surface area contributed by atoms with E-state index in [1.165, 1.54) is 38.2 Å². The van der Waals surface area contributed by atoms with Crippen LogP contribution in [0.15, 0.2) is 115 Å². The van der Waals surface area contributed by atoms with Crippen molar-refractivity contribution in [1.82, 2.24) is 0 Å². The summed E-state index contributed by atoms with van der Waals surface area (Å²) >= 11 is 0. The van der Waals surface area contributed by atoms with Gasteiger partial charge in [-0.1, -0.05) is 118 Å². The molecule has 0 aromatic heterocycles. The molecule has 0 heterocycles. The van der Waals surface area contributed by atoms with E-state index in [2.05, 4.69) is 136 Å². The van der Waals surface area contributed by atoms with Gasteiger partial charge in [0.2, 0.25) is 0 Å². The summed E-state index contributed by atoms with van der Waals surface area (Å²) in [5, 5.41) is 5.35. The van der Waals surface area contributed by atoms with Crippen molar-refractivity contribution in [3.63, 3.8) is 0 Å². The molecule has 0 spiro atoms. The lowest BCUT2D eigenvalue weighted by molar-refractivity contribution is 0.565. The monoisotopic (exact) mass is 454 g/mol. The van der Waals surface area contributed by atoms with Gasteiger partial charge in [-0.15, -0.1) is 0 Å². The summed E-state index contributed by atoms with van der Waals surface area (Å²) in [7, 11) is 0. The Kier molecular flexibility index (Phi) is 5.11. The fourth-order valence-electron chi connectivity index (χ4n) is 6.72. The number of rotatable bonds is 6. The van der Waals surface area contributed by atoms with Gasteiger partial charge < -0.3 is 0 Å². The molecule has 0 saturated heterocycles. The van der Waals surface area contributed by atoms with E-state index in [1.807, 2.05) is 0 Å². The lowest BCUT2D eigenvalue weighted by atomic mass is 9.62. The predicted molar refractivity (Wildman–Crippen MR) is 152 cm³/mol. The maximum atomic E-state index is 2.52. The van der Waals surface area contributed by atoms with Crippen LogP contribution in [0.3, 0.4) is 0 Å². The SMILES string of the molecule is CCC1(c2cc3cc4ccccc4cc3c(C3(CC)C=CC=C3)c2C2(CC)C=CC=C2)C=CC=C1. The third kappa shape index (κ3) is 3.12. The highest BCUT2D eigenvalue weighted by molar-refractivity contribution is 6.02. The summed E-state index contributed by atoms with van der Waals surface area (Å²) in [4.78, 5) is 0. The van der Waals surface area contributed by atoms with Gasteiger partial charge in [-0.2, -0.15) is 0 Å². The Hall–Kier alpha value is -3.38. The molecule has 0 bridgehead atoms. The number of hydrogen-bond donors (Lipinski definition) is 0. The van der Waals surface area contributed by atoms with Crippen LogP contribution < -0.4 is 0 Å². The molecule has 0 atom stereocenters. The van der Waals surface area contributed by atoms with E-state index in [0.717, 1.165) is 19.3 Å². The first-order valence-electron chi connectivity index (χ1n) is 13.2.